The third-order valence-corrected chi connectivity index (χ3v) is 7.52. The zero-order chi connectivity index (χ0) is 28.4. The summed E-state index contributed by atoms with van der Waals surface area (Å²) < 4.78 is 69.3. The second-order valence-electron chi connectivity index (χ2n) is 8.54. The van der Waals surface area contributed by atoms with Crippen LogP contribution in [0.25, 0.3) is 22.8 Å². The van der Waals surface area contributed by atoms with Gasteiger partial charge in [0, 0.05) is 5.56 Å². The maximum atomic E-state index is 13.6. The molecule has 1 unspecified atom stereocenters. The normalized spacial score (nSPS) is 14.9. The van der Waals surface area contributed by atoms with E-state index in [0.717, 1.165) is 6.07 Å². The quantitative estimate of drug-likeness (QED) is 0.295. The number of rotatable bonds is 7. The van der Waals surface area contributed by atoms with E-state index in [1.54, 1.807) is 78.8 Å². The van der Waals surface area contributed by atoms with Gasteiger partial charge in [0.25, 0.3) is 0 Å². The first kappa shape index (κ1) is 26.9. The van der Waals surface area contributed by atoms with Crippen molar-refractivity contribution in [2.75, 3.05) is 14.2 Å². The number of halogens is 3. The molecule has 0 saturated carbocycles. The maximum absolute atomic E-state index is 13.6. The number of methoxy groups -OCH3 is 2. The Morgan fingerprint density at radius 2 is 1.50 bits per heavy atom. The Balaban J connectivity index is 1.45. The Morgan fingerprint density at radius 3 is 2.15 bits per heavy atom. The monoisotopic (exact) mass is 566 g/mol. The van der Waals surface area contributed by atoms with Gasteiger partial charge in [-0.2, -0.15) is 18.2 Å². The lowest BCUT2D eigenvalue weighted by Gasteiger charge is -2.11. The molecule has 0 amide bonds. The predicted octanol–water partition coefficient (Wildman–Crippen LogP) is 6.00. The van der Waals surface area contributed by atoms with Gasteiger partial charge in [0.15, 0.2) is 5.76 Å². The summed E-state index contributed by atoms with van der Waals surface area (Å²) in [6, 6.07) is 19.9. The minimum Gasteiger partial charge on any atom is -0.497 e. The predicted molar refractivity (Wildman–Crippen MR) is 145 cm³/mol. The Hall–Kier alpha value is -4.64. The van der Waals surface area contributed by atoms with Crippen molar-refractivity contribution in [3.8, 4) is 17.2 Å². The zero-order valence-corrected chi connectivity index (χ0v) is 21.9. The molecule has 0 fully saturated rings. The molecule has 5 rings (SSSR count). The Labute approximate surface area is 229 Å². The molecular weight excluding hydrogens is 545 g/mol. The number of fused-ring (bicyclic) bond motifs is 1. The molecule has 0 spiro atoms. The van der Waals surface area contributed by atoms with Crippen LogP contribution in [0.4, 0.5) is 13.2 Å². The van der Waals surface area contributed by atoms with Crippen molar-refractivity contribution < 1.29 is 31.6 Å². The third-order valence-electron chi connectivity index (χ3n) is 5.99. The van der Waals surface area contributed by atoms with E-state index in [1.165, 1.54) is 19.3 Å². The topological polar surface area (TPSA) is 90.5 Å². The van der Waals surface area contributed by atoms with E-state index in [4.69, 9.17) is 14.2 Å². The summed E-state index contributed by atoms with van der Waals surface area (Å²) in [6.07, 6.45) is -1.86. The average Bonchev–Trinajstić information content (AvgIpc) is 3.22. The summed E-state index contributed by atoms with van der Waals surface area (Å²) >= 11 is 0. The highest BCUT2D eigenvalue weighted by molar-refractivity contribution is 7.95. The first-order chi connectivity index (χ1) is 19.2. The van der Waals surface area contributed by atoms with Crippen LogP contribution in [0.2, 0.25) is 0 Å². The van der Waals surface area contributed by atoms with Gasteiger partial charge in [0.2, 0.25) is 0 Å². The van der Waals surface area contributed by atoms with Gasteiger partial charge in [-0.25, -0.2) is 9.00 Å². The summed E-state index contributed by atoms with van der Waals surface area (Å²) in [5.74, 6) is 2.10. The molecule has 11 heteroatoms. The van der Waals surface area contributed by atoms with Crippen LogP contribution in [0, 0.1) is 0 Å². The fourth-order valence-electron chi connectivity index (χ4n) is 4.03. The molecular formula is C29H21F3N2O5S. The van der Waals surface area contributed by atoms with Crippen LogP contribution in [0.15, 0.2) is 82.5 Å². The molecule has 204 valence electrons. The Kier molecular flexibility index (Phi) is 7.31. The lowest BCUT2D eigenvalue weighted by molar-refractivity contribution is -0.141. The number of ether oxygens (including phenoxy) is 3. The second kappa shape index (κ2) is 10.9. The van der Waals surface area contributed by atoms with Gasteiger partial charge >= 0.3 is 11.9 Å². The SMILES string of the molecule is COc1ccc(C2=C(Oc3ccc(/C=C/c4cc(C(F)(F)F)[nH]c(=O)n4)cc3)c3ccc(OC)cc3S2=O)cc1. The van der Waals surface area contributed by atoms with Gasteiger partial charge in [-0.1, -0.05) is 18.2 Å². The van der Waals surface area contributed by atoms with E-state index in [0.29, 0.717) is 49.5 Å². The third kappa shape index (κ3) is 5.55. The van der Waals surface area contributed by atoms with Crippen LogP contribution in [0.1, 0.15) is 28.1 Å². The first-order valence-corrected chi connectivity index (χ1v) is 12.9. The van der Waals surface area contributed by atoms with Crippen LogP contribution in [-0.2, 0) is 17.0 Å². The van der Waals surface area contributed by atoms with E-state index in [1.807, 2.05) is 0 Å². The van der Waals surface area contributed by atoms with Crippen molar-refractivity contribution >= 4 is 33.6 Å². The van der Waals surface area contributed by atoms with Crippen LogP contribution in [-0.4, -0.2) is 28.4 Å². The van der Waals surface area contributed by atoms with E-state index in [-0.39, 0.29) is 5.69 Å². The lowest BCUT2D eigenvalue weighted by Crippen LogP contribution is -2.19. The van der Waals surface area contributed by atoms with Crippen LogP contribution in [0.5, 0.6) is 17.2 Å². The van der Waals surface area contributed by atoms with Gasteiger partial charge < -0.3 is 19.2 Å². The van der Waals surface area contributed by atoms with Gasteiger partial charge in [0.05, 0.1) is 40.5 Å². The molecule has 0 saturated heterocycles. The van der Waals surface area contributed by atoms with Crippen molar-refractivity contribution in [3.05, 3.63) is 111 Å². The molecule has 1 aliphatic heterocycles. The van der Waals surface area contributed by atoms with Gasteiger partial charge in [0.1, 0.15) is 22.9 Å². The minimum atomic E-state index is -4.70. The van der Waals surface area contributed by atoms with Crippen molar-refractivity contribution in [1.29, 1.82) is 0 Å². The van der Waals surface area contributed by atoms with Crippen molar-refractivity contribution in [3.63, 3.8) is 0 Å². The molecule has 3 aromatic carbocycles. The number of hydrogen-bond acceptors (Lipinski definition) is 6. The fourth-order valence-corrected chi connectivity index (χ4v) is 5.50. The standard InChI is InChI=1S/C29H21F3N2O5S/c1-37-20-11-6-18(7-12-20)27-26(23-14-13-22(38-2)16-24(23)40(27)36)39-21-9-4-17(5-10-21)3-8-19-15-25(29(30,31)32)34-28(35)33-19/h3-16H,1-2H3,(H,33,34,35)/b8-3+. The number of H-pyrrole nitrogens is 1. The largest absolute Gasteiger partial charge is 0.497 e. The Bertz CT molecular complexity index is 1710. The van der Waals surface area contributed by atoms with E-state index < -0.39 is 28.4 Å². The molecule has 0 aliphatic carbocycles. The maximum Gasteiger partial charge on any atom is 0.431 e. The lowest BCUT2D eigenvalue weighted by atomic mass is 10.1. The highest BCUT2D eigenvalue weighted by atomic mass is 32.2. The molecule has 0 bridgehead atoms. The number of nitrogens with zero attached hydrogens (tertiary/aromatic N) is 1. The molecule has 4 aromatic rings. The number of aromatic amines is 1. The van der Waals surface area contributed by atoms with Crippen molar-refractivity contribution in [2.24, 2.45) is 0 Å². The van der Waals surface area contributed by atoms with Crippen molar-refractivity contribution in [2.45, 2.75) is 11.1 Å². The number of aromatic nitrogens is 2. The summed E-state index contributed by atoms with van der Waals surface area (Å²) in [5, 5.41) is 0. The van der Waals surface area contributed by atoms with Gasteiger partial charge in [-0.15, -0.1) is 0 Å². The van der Waals surface area contributed by atoms with Gasteiger partial charge in [-0.3, -0.25) is 0 Å². The molecule has 0 radical (unpaired) electrons. The summed E-state index contributed by atoms with van der Waals surface area (Å²) in [5.41, 5.74) is -0.407. The fraction of sp³-hybridized carbons (Fsp3) is 0.103. The summed E-state index contributed by atoms with van der Waals surface area (Å²) in [7, 11) is 1.55. The van der Waals surface area contributed by atoms with Gasteiger partial charge in [-0.05, 0) is 77.9 Å². The molecule has 40 heavy (non-hydrogen) atoms. The van der Waals surface area contributed by atoms with E-state index in [2.05, 4.69) is 4.98 Å². The highest BCUT2D eigenvalue weighted by Crippen LogP contribution is 2.44. The summed E-state index contributed by atoms with van der Waals surface area (Å²) in [6.45, 7) is 0. The number of alkyl halides is 3. The van der Waals surface area contributed by atoms with Crippen LogP contribution >= 0.6 is 0 Å². The summed E-state index contributed by atoms with van der Waals surface area (Å²) in [4.78, 5) is 17.8. The van der Waals surface area contributed by atoms with E-state index >= 15 is 0 Å². The molecule has 1 atom stereocenters. The average molecular weight is 567 g/mol. The minimum absolute atomic E-state index is 0.133. The number of hydrogen-bond donors (Lipinski definition) is 1. The van der Waals surface area contributed by atoms with E-state index in [9.17, 15) is 22.2 Å². The molecule has 2 heterocycles. The van der Waals surface area contributed by atoms with Crippen LogP contribution in [0.3, 0.4) is 0 Å². The number of benzene rings is 3. The van der Waals surface area contributed by atoms with Crippen LogP contribution < -0.4 is 19.9 Å². The molecule has 1 N–H and O–H groups in total. The van der Waals surface area contributed by atoms with Crippen molar-refractivity contribution in [1.82, 2.24) is 9.97 Å². The number of nitrogens with one attached hydrogen (secondary N) is 1. The highest BCUT2D eigenvalue weighted by Gasteiger charge is 2.33. The smallest absolute Gasteiger partial charge is 0.431 e. The zero-order valence-electron chi connectivity index (χ0n) is 21.1. The Morgan fingerprint density at radius 1 is 0.850 bits per heavy atom. The molecule has 1 aliphatic rings. The molecule has 7 nitrogen and oxygen atoms in total. The second-order valence-corrected chi connectivity index (χ2v) is 9.93. The first-order valence-electron chi connectivity index (χ1n) is 11.8. The molecule has 1 aromatic heterocycles.